The van der Waals surface area contributed by atoms with Gasteiger partial charge in [0.05, 0.1) is 5.69 Å². The highest BCUT2D eigenvalue weighted by Crippen LogP contribution is 2.20. The van der Waals surface area contributed by atoms with Gasteiger partial charge in [0.15, 0.2) is 0 Å². The monoisotopic (exact) mass is 205 g/mol. The van der Waals surface area contributed by atoms with Crippen LogP contribution in [0.25, 0.3) is 0 Å². The molecule has 0 radical (unpaired) electrons. The van der Waals surface area contributed by atoms with Crippen LogP contribution in [-0.2, 0) is 6.54 Å². The van der Waals surface area contributed by atoms with Crippen molar-refractivity contribution in [1.29, 1.82) is 0 Å². The van der Waals surface area contributed by atoms with Crippen molar-refractivity contribution in [3.63, 3.8) is 0 Å². The van der Waals surface area contributed by atoms with E-state index in [1.807, 2.05) is 12.1 Å². The Labute approximate surface area is 91.3 Å². The fraction of sp³-hybridized carbons (Fsp3) is 0.583. The summed E-state index contributed by atoms with van der Waals surface area (Å²) in [6.45, 7) is 5.64. The van der Waals surface area contributed by atoms with Crippen LogP contribution in [0.1, 0.15) is 25.5 Å². The minimum atomic E-state index is 0.811. The first-order chi connectivity index (χ1) is 7.28. The normalized spacial score (nSPS) is 22.1. The van der Waals surface area contributed by atoms with Gasteiger partial charge in [0.2, 0.25) is 0 Å². The molecule has 2 N–H and O–H groups in total. The molecule has 3 nitrogen and oxygen atoms in total. The maximum absolute atomic E-state index is 5.73. The maximum atomic E-state index is 5.73. The molecule has 1 unspecified atom stereocenters. The number of hydrogen-bond acceptors (Lipinski definition) is 3. The van der Waals surface area contributed by atoms with Gasteiger partial charge in [0.1, 0.15) is 0 Å². The van der Waals surface area contributed by atoms with Gasteiger partial charge >= 0.3 is 0 Å². The first kappa shape index (κ1) is 10.4. The van der Waals surface area contributed by atoms with Crippen LogP contribution < -0.4 is 5.73 Å². The number of nitrogens with zero attached hydrogens (tertiary/aromatic N) is 2. The summed E-state index contributed by atoms with van der Waals surface area (Å²) in [6, 6.07) is 3.81. The van der Waals surface area contributed by atoms with Gasteiger partial charge in [-0.25, -0.2) is 0 Å². The summed E-state index contributed by atoms with van der Waals surface area (Å²) in [7, 11) is 0. The number of anilines is 1. The van der Waals surface area contributed by atoms with Crippen molar-refractivity contribution >= 4 is 5.69 Å². The largest absolute Gasteiger partial charge is 0.399 e. The Morgan fingerprint density at radius 2 is 2.47 bits per heavy atom. The van der Waals surface area contributed by atoms with E-state index < -0.39 is 0 Å². The minimum absolute atomic E-state index is 0.811. The third kappa shape index (κ3) is 2.69. The molecule has 1 fully saturated rings. The van der Waals surface area contributed by atoms with E-state index in [4.69, 9.17) is 5.73 Å². The standard InChI is InChI=1S/C12H19N3/c1-2-10-4-6-15(8-10)9-12-7-11(13)3-5-14-12/h3,5,7,10H,2,4,6,8-9H2,1H3,(H2,13,14). The van der Waals surface area contributed by atoms with Gasteiger partial charge in [-0.3, -0.25) is 9.88 Å². The van der Waals surface area contributed by atoms with Crippen LogP contribution >= 0.6 is 0 Å². The van der Waals surface area contributed by atoms with Crippen LogP contribution in [0, 0.1) is 5.92 Å². The summed E-state index contributed by atoms with van der Waals surface area (Å²) in [6.07, 6.45) is 4.41. The number of nitrogens with two attached hydrogens (primary N) is 1. The average Bonchev–Trinajstić information content (AvgIpc) is 2.65. The Hall–Kier alpha value is -1.09. The summed E-state index contributed by atoms with van der Waals surface area (Å²) in [5.74, 6) is 0.881. The Balaban J connectivity index is 1.92. The molecular weight excluding hydrogens is 186 g/mol. The van der Waals surface area contributed by atoms with Crippen LogP contribution in [0.4, 0.5) is 5.69 Å². The van der Waals surface area contributed by atoms with Crippen molar-refractivity contribution in [3.8, 4) is 0 Å². The van der Waals surface area contributed by atoms with E-state index >= 15 is 0 Å². The first-order valence-electron chi connectivity index (χ1n) is 5.70. The summed E-state index contributed by atoms with van der Waals surface area (Å²) >= 11 is 0. The number of rotatable bonds is 3. The smallest absolute Gasteiger partial charge is 0.0564 e. The number of likely N-dealkylation sites (tertiary alicyclic amines) is 1. The second-order valence-corrected chi connectivity index (χ2v) is 4.38. The molecule has 82 valence electrons. The van der Waals surface area contributed by atoms with Crippen molar-refractivity contribution < 1.29 is 0 Å². The van der Waals surface area contributed by atoms with Crippen LogP contribution in [0.15, 0.2) is 18.3 Å². The fourth-order valence-corrected chi connectivity index (χ4v) is 2.20. The van der Waals surface area contributed by atoms with E-state index in [2.05, 4.69) is 16.8 Å². The Kier molecular flexibility index (Phi) is 3.21. The third-order valence-corrected chi connectivity index (χ3v) is 3.17. The van der Waals surface area contributed by atoms with Gasteiger partial charge in [0, 0.05) is 25.0 Å². The summed E-state index contributed by atoms with van der Waals surface area (Å²) in [5.41, 5.74) is 7.63. The van der Waals surface area contributed by atoms with E-state index in [1.54, 1.807) is 6.20 Å². The fourth-order valence-electron chi connectivity index (χ4n) is 2.20. The Morgan fingerprint density at radius 3 is 3.13 bits per heavy atom. The highest BCUT2D eigenvalue weighted by molar-refractivity contribution is 5.37. The van der Waals surface area contributed by atoms with E-state index in [1.165, 1.54) is 25.9 Å². The maximum Gasteiger partial charge on any atom is 0.0564 e. The first-order valence-corrected chi connectivity index (χ1v) is 5.70. The molecular formula is C12H19N3. The van der Waals surface area contributed by atoms with Gasteiger partial charge in [-0.1, -0.05) is 13.3 Å². The molecule has 1 aromatic rings. The van der Waals surface area contributed by atoms with E-state index in [-0.39, 0.29) is 0 Å². The summed E-state index contributed by atoms with van der Waals surface area (Å²) in [4.78, 5) is 6.80. The average molecular weight is 205 g/mol. The van der Waals surface area contributed by atoms with E-state index in [0.717, 1.165) is 23.8 Å². The second kappa shape index (κ2) is 4.62. The molecule has 3 heteroatoms. The van der Waals surface area contributed by atoms with E-state index in [9.17, 15) is 0 Å². The lowest BCUT2D eigenvalue weighted by Gasteiger charge is -2.15. The molecule has 1 aliphatic heterocycles. The topological polar surface area (TPSA) is 42.1 Å². The lowest BCUT2D eigenvalue weighted by Crippen LogP contribution is -2.20. The zero-order valence-corrected chi connectivity index (χ0v) is 9.32. The van der Waals surface area contributed by atoms with Gasteiger partial charge in [-0.15, -0.1) is 0 Å². The SMILES string of the molecule is CCC1CCN(Cc2cc(N)ccn2)C1. The molecule has 0 spiro atoms. The summed E-state index contributed by atoms with van der Waals surface area (Å²) in [5, 5.41) is 0. The van der Waals surface area contributed by atoms with Crippen molar-refractivity contribution in [2.75, 3.05) is 18.8 Å². The van der Waals surface area contributed by atoms with Gasteiger partial charge in [0.25, 0.3) is 0 Å². The van der Waals surface area contributed by atoms with Crippen molar-refractivity contribution in [3.05, 3.63) is 24.0 Å². The van der Waals surface area contributed by atoms with Crippen molar-refractivity contribution in [1.82, 2.24) is 9.88 Å². The zero-order chi connectivity index (χ0) is 10.7. The molecule has 1 aromatic heterocycles. The van der Waals surface area contributed by atoms with Crippen LogP contribution in [-0.4, -0.2) is 23.0 Å². The molecule has 0 saturated carbocycles. The van der Waals surface area contributed by atoms with Gasteiger partial charge in [-0.05, 0) is 31.0 Å². The second-order valence-electron chi connectivity index (χ2n) is 4.38. The molecule has 0 aromatic carbocycles. The molecule has 1 saturated heterocycles. The predicted molar refractivity (Wildman–Crippen MR) is 62.3 cm³/mol. The van der Waals surface area contributed by atoms with Crippen LogP contribution in [0.3, 0.4) is 0 Å². The lowest BCUT2D eigenvalue weighted by atomic mass is 10.1. The molecule has 15 heavy (non-hydrogen) atoms. The lowest BCUT2D eigenvalue weighted by molar-refractivity contribution is 0.311. The highest BCUT2D eigenvalue weighted by Gasteiger charge is 2.20. The molecule has 1 aliphatic rings. The van der Waals surface area contributed by atoms with Crippen LogP contribution in [0.5, 0.6) is 0 Å². The molecule has 1 atom stereocenters. The highest BCUT2D eigenvalue weighted by atomic mass is 15.1. The van der Waals surface area contributed by atoms with Crippen molar-refractivity contribution in [2.45, 2.75) is 26.3 Å². The molecule has 0 aliphatic carbocycles. The number of aromatic nitrogens is 1. The molecule has 0 amide bonds. The molecule has 2 rings (SSSR count). The number of pyridine rings is 1. The Bertz CT molecular complexity index is 324. The summed E-state index contributed by atoms with van der Waals surface area (Å²) < 4.78 is 0. The predicted octanol–water partition coefficient (Wildman–Crippen LogP) is 1.90. The van der Waals surface area contributed by atoms with E-state index in [0.29, 0.717) is 0 Å². The number of nitrogen functional groups attached to an aromatic ring is 1. The van der Waals surface area contributed by atoms with Gasteiger partial charge < -0.3 is 5.73 Å². The number of hydrogen-bond donors (Lipinski definition) is 1. The molecule has 2 heterocycles. The quantitative estimate of drug-likeness (QED) is 0.819. The third-order valence-electron chi connectivity index (χ3n) is 3.17. The minimum Gasteiger partial charge on any atom is -0.399 e. The zero-order valence-electron chi connectivity index (χ0n) is 9.32. The molecule has 0 bridgehead atoms. The van der Waals surface area contributed by atoms with Crippen LogP contribution in [0.2, 0.25) is 0 Å². The van der Waals surface area contributed by atoms with Gasteiger partial charge in [-0.2, -0.15) is 0 Å². The van der Waals surface area contributed by atoms with Crippen molar-refractivity contribution in [2.24, 2.45) is 5.92 Å². The Morgan fingerprint density at radius 1 is 1.60 bits per heavy atom.